The van der Waals surface area contributed by atoms with Crippen molar-refractivity contribution >= 4 is 0 Å². The molecule has 0 bridgehead atoms. The minimum absolute atomic E-state index is 0.145. The molecule has 2 aliphatic rings. The first-order valence-corrected chi connectivity index (χ1v) is 8.39. The molecule has 1 aliphatic heterocycles. The van der Waals surface area contributed by atoms with Gasteiger partial charge in [-0.1, -0.05) is 30.3 Å². The Labute approximate surface area is 128 Å². The van der Waals surface area contributed by atoms with Crippen molar-refractivity contribution in [3.63, 3.8) is 0 Å². The van der Waals surface area contributed by atoms with E-state index in [0.29, 0.717) is 12.0 Å². The van der Waals surface area contributed by atoms with E-state index in [2.05, 4.69) is 47.2 Å². The van der Waals surface area contributed by atoms with E-state index in [1.54, 1.807) is 0 Å². The van der Waals surface area contributed by atoms with Crippen LogP contribution in [0.4, 0.5) is 0 Å². The van der Waals surface area contributed by atoms with Crippen molar-refractivity contribution in [2.24, 2.45) is 0 Å². The molecule has 3 atom stereocenters. The van der Waals surface area contributed by atoms with Crippen LogP contribution in [0.15, 0.2) is 30.3 Å². The summed E-state index contributed by atoms with van der Waals surface area (Å²) < 4.78 is 0. The Balaban J connectivity index is 1.68. The molecule has 0 radical (unpaired) electrons. The first-order valence-electron chi connectivity index (χ1n) is 8.39. The van der Waals surface area contributed by atoms with Crippen LogP contribution in [0.25, 0.3) is 0 Å². The molecule has 1 aliphatic carbocycles. The summed E-state index contributed by atoms with van der Waals surface area (Å²) in [7, 11) is 2.20. The van der Waals surface area contributed by atoms with Gasteiger partial charge in [0.05, 0.1) is 6.10 Å². The zero-order chi connectivity index (χ0) is 14.7. The van der Waals surface area contributed by atoms with Crippen LogP contribution in [0.5, 0.6) is 0 Å². The zero-order valence-electron chi connectivity index (χ0n) is 13.1. The number of benzene rings is 1. The summed E-state index contributed by atoms with van der Waals surface area (Å²) in [6.07, 6.45) is 4.24. The van der Waals surface area contributed by atoms with Gasteiger partial charge in [-0.25, -0.2) is 0 Å². The summed E-state index contributed by atoms with van der Waals surface area (Å²) in [6.45, 7) is 4.54. The minimum atomic E-state index is -0.145. The van der Waals surface area contributed by atoms with Crippen molar-refractivity contribution in [1.29, 1.82) is 0 Å². The van der Waals surface area contributed by atoms with Gasteiger partial charge in [0.2, 0.25) is 0 Å². The lowest BCUT2D eigenvalue weighted by Crippen LogP contribution is -2.48. The lowest BCUT2D eigenvalue weighted by Gasteiger charge is -2.40. The predicted octanol–water partition coefficient (Wildman–Crippen LogP) is 2.32. The number of rotatable bonds is 2. The van der Waals surface area contributed by atoms with Crippen LogP contribution in [0, 0.1) is 0 Å². The Hall–Kier alpha value is -0.900. The van der Waals surface area contributed by atoms with Gasteiger partial charge in [0.1, 0.15) is 0 Å². The number of hydrogen-bond donors (Lipinski definition) is 1. The van der Waals surface area contributed by atoms with Gasteiger partial charge in [-0.3, -0.25) is 4.90 Å². The van der Waals surface area contributed by atoms with Crippen LogP contribution in [0.3, 0.4) is 0 Å². The van der Waals surface area contributed by atoms with Gasteiger partial charge in [0, 0.05) is 19.1 Å². The van der Waals surface area contributed by atoms with Gasteiger partial charge in [-0.05, 0) is 57.3 Å². The van der Waals surface area contributed by atoms with E-state index in [4.69, 9.17) is 0 Å². The normalized spacial score (nSPS) is 32.8. The molecule has 1 saturated carbocycles. The van der Waals surface area contributed by atoms with Gasteiger partial charge < -0.3 is 10.0 Å². The molecule has 116 valence electrons. The van der Waals surface area contributed by atoms with Gasteiger partial charge in [-0.15, -0.1) is 0 Å². The molecule has 1 saturated heterocycles. The Kier molecular flexibility index (Phi) is 4.94. The highest BCUT2D eigenvalue weighted by atomic mass is 16.3. The summed E-state index contributed by atoms with van der Waals surface area (Å²) >= 11 is 0. The summed E-state index contributed by atoms with van der Waals surface area (Å²) in [5, 5.41) is 10.5. The van der Waals surface area contributed by atoms with Crippen LogP contribution in [0.1, 0.15) is 37.2 Å². The molecule has 1 N–H and O–H groups in total. The van der Waals surface area contributed by atoms with Crippen LogP contribution in [0.2, 0.25) is 0 Å². The van der Waals surface area contributed by atoms with E-state index in [1.165, 1.54) is 18.5 Å². The summed E-state index contributed by atoms with van der Waals surface area (Å²) in [5.41, 5.74) is 1.45. The average molecular weight is 288 g/mol. The van der Waals surface area contributed by atoms with Crippen molar-refractivity contribution in [2.45, 2.75) is 43.7 Å². The molecular formula is C18H28N2O. The Morgan fingerprint density at radius 2 is 1.81 bits per heavy atom. The van der Waals surface area contributed by atoms with Crippen LogP contribution < -0.4 is 0 Å². The first kappa shape index (κ1) is 15.0. The third-order valence-electron chi connectivity index (χ3n) is 5.28. The lowest BCUT2D eigenvalue weighted by molar-refractivity contribution is 0.0155. The molecular weight excluding hydrogens is 260 g/mol. The van der Waals surface area contributed by atoms with E-state index in [0.717, 1.165) is 38.9 Å². The van der Waals surface area contributed by atoms with Crippen molar-refractivity contribution in [1.82, 2.24) is 9.80 Å². The molecule has 1 heterocycles. The number of aliphatic hydroxyl groups excluding tert-OH is 1. The zero-order valence-corrected chi connectivity index (χ0v) is 13.1. The highest BCUT2D eigenvalue weighted by Gasteiger charge is 2.34. The maximum absolute atomic E-state index is 10.5. The van der Waals surface area contributed by atoms with E-state index in [-0.39, 0.29) is 6.10 Å². The molecule has 0 spiro atoms. The first-order chi connectivity index (χ1) is 10.2. The molecule has 3 unspecified atom stereocenters. The highest BCUT2D eigenvalue weighted by Crippen LogP contribution is 2.35. The Morgan fingerprint density at radius 1 is 1.00 bits per heavy atom. The second kappa shape index (κ2) is 6.91. The smallest absolute Gasteiger partial charge is 0.0695 e. The van der Waals surface area contributed by atoms with Gasteiger partial charge in [0.15, 0.2) is 0 Å². The number of hydrogen-bond acceptors (Lipinski definition) is 3. The number of likely N-dealkylation sites (N-methyl/N-ethyl adjacent to an activating group) is 1. The minimum Gasteiger partial charge on any atom is -0.391 e. The molecule has 3 nitrogen and oxygen atoms in total. The molecule has 1 aromatic carbocycles. The van der Waals surface area contributed by atoms with Crippen LogP contribution in [-0.2, 0) is 0 Å². The van der Waals surface area contributed by atoms with Crippen LogP contribution >= 0.6 is 0 Å². The molecule has 0 amide bonds. The summed E-state index contributed by atoms with van der Waals surface area (Å²) in [4.78, 5) is 4.95. The van der Waals surface area contributed by atoms with Crippen molar-refractivity contribution in [2.75, 3.05) is 33.2 Å². The third-order valence-corrected chi connectivity index (χ3v) is 5.28. The topological polar surface area (TPSA) is 26.7 Å². The summed E-state index contributed by atoms with van der Waals surface area (Å²) in [6, 6.07) is 11.2. The predicted molar refractivity (Wildman–Crippen MR) is 86.5 cm³/mol. The average Bonchev–Trinajstić information content (AvgIpc) is 2.73. The maximum atomic E-state index is 10.5. The Morgan fingerprint density at radius 3 is 2.62 bits per heavy atom. The van der Waals surface area contributed by atoms with E-state index < -0.39 is 0 Å². The van der Waals surface area contributed by atoms with Crippen LogP contribution in [-0.4, -0.2) is 60.3 Å². The third kappa shape index (κ3) is 3.65. The molecule has 3 rings (SSSR count). The number of nitrogens with zero attached hydrogens (tertiary/aromatic N) is 2. The summed E-state index contributed by atoms with van der Waals surface area (Å²) in [5.74, 6) is 0.612. The SMILES string of the molecule is CN1CCCN(C2CC(c3ccccc3)CCC2O)CC1. The van der Waals surface area contributed by atoms with E-state index in [9.17, 15) is 5.11 Å². The molecule has 3 heteroatoms. The molecule has 2 fully saturated rings. The highest BCUT2D eigenvalue weighted by molar-refractivity contribution is 5.20. The van der Waals surface area contributed by atoms with E-state index >= 15 is 0 Å². The Bertz CT molecular complexity index is 436. The number of aliphatic hydroxyl groups is 1. The van der Waals surface area contributed by atoms with Gasteiger partial charge in [0.25, 0.3) is 0 Å². The standard InChI is InChI=1S/C18H28N2O/c1-19-10-5-11-20(13-12-19)17-14-16(8-9-18(17)21)15-6-3-2-4-7-15/h2-4,6-7,16-18,21H,5,8-14H2,1H3. The second-order valence-corrected chi connectivity index (χ2v) is 6.75. The molecule has 1 aromatic rings. The monoisotopic (exact) mass is 288 g/mol. The quantitative estimate of drug-likeness (QED) is 0.905. The molecule has 21 heavy (non-hydrogen) atoms. The second-order valence-electron chi connectivity index (χ2n) is 6.75. The fourth-order valence-corrected chi connectivity index (χ4v) is 3.95. The van der Waals surface area contributed by atoms with Gasteiger partial charge >= 0.3 is 0 Å². The fraction of sp³-hybridized carbons (Fsp3) is 0.667. The van der Waals surface area contributed by atoms with Crippen molar-refractivity contribution in [3.8, 4) is 0 Å². The van der Waals surface area contributed by atoms with Crippen molar-refractivity contribution in [3.05, 3.63) is 35.9 Å². The fourth-order valence-electron chi connectivity index (χ4n) is 3.95. The lowest BCUT2D eigenvalue weighted by atomic mass is 9.79. The van der Waals surface area contributed by atoms with Crippen molar-refractivity contribution < 1.29 is 5.11 Å². The maximum Gasteiger partial charge on any atom is 0.0695 e. The molecule has 0 aromatic heterocycles. The largest absolute Gasteiger partial charge is 0.391 e. The van der Waals surface area contributed by atoms with E-state index in [1.807, 2.05) is 0 Å². The van der Waals surface area contributed by atoms with Gasteiger partial charge in [-0.2, -0.15) is 0 Å².